The summed E-state index contributed by atoms with van der Waals surface area (Å²) in [6, 6.07) is 0. The van der Waals surface area contributed by atoms with Crippen LogP contribution in [0.25, 0.3) is 0 Å². The average Bonchev–Trinajstić information content (AvgIpc) is 2.67. The summed E-state index contributed by atoms with van der Waals surface area (Å²) in [6.45, 7) is 6.49. The van der Waals surface area contributed by atoms with E-state index in [0.717, 1.165) is 12.8 Å². The summed E-state index contributed by atoms with van der Waals surface area (Å²) in [4.78, 5) is 35.1. The first-order valence-electron chi connectivity index (χ1n) is 10.5. The van der Waals surface area contributed by atoms with Gasteiger partial charge in [0.25, 0.3) is 0 Å². The first-order chi connectivity index (χ1) is 13.7. The van der Waals surface area contributed by atoms with Crippen LogP contribution in [0, 0.1) is 11.8 Å². The Hall–Kier alpha value is -0.930. The summed E-state index contributed by atoms with van der Waals surface area (Å²) in [5.41, 5.74) is 0. The fourth-order valence-corrected chi connectivity index (χ4v) is 3.52. The number of carboxylic acids is 2. The van der Waals surface area contributed by atoms with Crippen LogP contribution in [-0.4, -0.2) is 71.9 Å². The second-order valence-electron chi connectivity index (χ2n) is 7.56. The molecule has 1 amide bonds. The van der Waals surface area contributed by atoms with E-state index in [2.05, 4.69) is 5.32 Å². The SMILES string of the molecule is C/C=C/CCCC(=O)NCC[N+](CCO)(CC(CC)C(=O)[O-])CC(CC)C(=O)O.[Na+]. The minimum atomic E-state index is -1.18. The van der Waals surface area contributed by atoms with Crippen LogP contribution in [0.4, 0.5) is 0 Å². The van der Waals surface area contributed by atoms with Crippen molar-refractivity contribution in [3.63, 3.8) is 0 Å². The van der Waals surface area contributed by atoms with E-state index < -0.39 is 23.8 Å². The second kappa shape index (κ2) is 17.7. The molecule has 0 aromatic carbocycles. The van der Waals surface area contributed by atoms with E-state index >= 15 is 0 Å². The minimum absolute atomic E-state index is 0. The number of hydrogen-bond donors (Lipinski definition) is 3. The van der Waals surface area contributed by atoms with E-state index in [1.165, 1.54) is 0 Å². The monoisotopic (exact) mass is 437 g/mol. The number of aliphatic carboxylic acids is 2. The number of carbonyl (C=O) groups excluding carboxylic acids is 2. The normalized spacial score (nSPS) is 15.1. The molecule has 0 aromatic heterocycles. The maximum Gasteiger partial charge on any atom is 1.00 e. The van der Waals surface area contributed by atoms with E-state index in [9.17, 15) is 29.7 Å². The Labute approximate surface area is 202 Å². The quantitative estimate of drug-likeness (QED) is 0.100. The summed E-state index contributed by atoms with van der Waals surface area (Å²) < 4.78 is 0.118. The van der Waals surface area contributed by atoms with Crippen molar-refractivity contribution >= 4 is 17.8 Å². The van der Waals surface area contributed by atoms with Gasteiger partial charge in [0.1, 0.15) is 12.5 Å². The standard InChI is InChI=1S/C21H38N2O6.Na/c1-4-7-8-9-10-19(25)22-11-12-23(13-14-24,15-17(5-2)20(26)27)16-18(6-3)21(28)29;/h4,7,17-18,24H,5-6,8-16H2,1-3H3,(H2-,22,25,26,27,28,29);/q;+1/b7-4+;. The molecule has 0 aliphatic heterocycles. The third-order valence-corrected chi connectivity index (χ3v) is 5.38. The number of nitrogens with zero attached hydrogens (tertiary/aromatic N) is 1. The number of amides is 1. The molecule has 0 spiro atoms. The number of aliphatic hydroxyl groups is 1. The predicted molar refractivity (Wildman–Crippen MR) is 109 cm³/mol. The van der Waals surface area contributed by atoms with Crippen molar-refractivity contribution in [3.05, 3.63) is 12.2 Å². The number of carbonyl (C=O) groups is 3. The molecule has 0 aromatic rings. The van der Waals surface area contributed by atoms with E-state index in [1.807, 2.05) is 19.1 Å². The molecule has 0 rings (SSSR count). The van der Waals surface area contributed by atoms with Gasteiger partial charge < -0.3 is 29.9 Å². The molecule has 3 unspecified atom stereocenters. The molecule has 9 heteroatoms. The minimum Gasteiger partial charge on any atom is -0.550 e. The maximum absolute atomic E-state index is 12.0. The van der Waals surface area contributed by atoms with Gasteiger partial charge in [0, 0.05) is 12.3 Å². The summed E-state index contributed by atoms with van der Waals surface area (Å²) in [5, 5.41) is 33.4. The summed E-state index contributed by atoms with van der Waals surface area (Å²) in [7, 11) is 0. The Bertz CT molecular complexity index is 518. The number of aliphatic hydroxyl groups excluding tert-OH is 1. The van der Waals surface area contributed by atoms with Gasteiger partial charge in [0.2, 0.25) is 5.91 Å². The molecule has 0 heterocycles. The Kier molecular flexibility index (Phi) is 18.5. The zero-order valence-electron chi connectivity index (χ0n) is 19.1. The van der Waals surface area contributed by atoms with Crippen LogP contribution in [0.15, 0.2) is 12.2 Å². The van der Waals surface area contributed by atoms with Gasteiger partial charge in [-0.1, -0.05) is 26.0 Å². The molecule has 0 fully saturated rings. The molecular formula is C21H38N2NaO6+. The molecule has 0 aliphatic rings. The topological polar surface area (TPSA) is 127 Å². The molecule has 0 saturated heterocycles. The number of quaternary nitrogens is 1. The zero-order chi connectivity index (χ0) is 22.3. The van der Waals surface area contributed by atoms with E-state index in [-0.39, 0.29) is 66.2 Å². The van der Waals surface area contributed by atoms with Crippen molar-refractivity contribution in [1.82, 2.24) is 5.32 Å². The molecular weight excluding hydrogens is 399 g/mol. The molecule has 0 aliphatic carbocycles. The number of carboxylic acid groups (broad SMARTS) is 2. The van der Waals surface area contributed by atoms with Crippen molar-refractivity contribution in [1.29, 1.82) is 0 Å². The number of nitrogens with one attached hydrogen (secondary N) is 1. The molecule has 8 nitrogen and oxygen atoms in total. The largest absolute Gasteiger partial charge is 1.00 e. The van der Waals surface area contributed by atoms with Gasteiger partial charge in [0.15, 0.2) is 0 Å². The van der Waals surface area contributed by atoms with Gasteiger partial charge in [-0.25, -0.2) is 0 Å². The summed E-state index contributed by atoms with van der Waals surface area (Å²) in [6.07, 6.45) is 6.66. The van der Waals surface area contributed by atoms with Crippen LogP contribution in [0.3, 0.4) is 0 Å². The van der Waals surface area contributed by atoms with Crippen LogP contribution < -0.4 is 40.0 Å². The fraction of sp³-hybridized carbons (Fsp3) is 0.762. The van der Waals surface area contributed by atoms with Gasteiger partial charge in [-0.3, -0.25) is 9.59 Å². The number of rotatable bonds is 17. The first kappa shape index (κ1) is 31.3. The maximum atomic E-state index is 12.0. The van der Waals surface area contributed by atoms with Crippen LogP contribution in [-0.2, 0) is 14.4 Å². The van der Waals surface area contributed by atoms with Gasteiger partial charge in [-0.05, 0) is 32.6 Å². The van der Waals surface area contributed by atoms with Gasteiger partial charge in [0.05, 0.1) is 38.8 Å². The van der Waals surface area contributed by atoms with Crippen molar-refractivity contribution < 1.29 is 63.7 Å². The van der Waals surface area contributed by atoms with Crippen molar-refractivity contribution in [2.75, 3.05) is 39.3 Å². The third kappa shape index (κ3) is 12.7. The van der Waals surface area contributed by atoms with E-state index in [1.54, 1.807) is 13.8 Å². The first-order valence-corrected chi connectivity index (χ1v) is 10.5. The van der Waals surface area contributed by atoms with E-state index in [0.29, 0.717) is 32.4 Å². The molecule has 0 radical (unpaired) electrons. The number of allylic oxidation sites excluding steroid dienone is 2. The summed E-state index contributed by atoms with van der Waals surface area (Å²) in [5.74, 6) is -3.61. The third-order valence-electron chi connectivity index (χ3n) is 5.38. The summed E-state index contributed by atoms with van der Waals surface area (Å²) >= 11 is 0. The van der Waals surface area contributed by atoms with Gasteiger partial charge in [-0.15, -0.1) is 0 Å². The average molecular weight is 438 g/mol. The zero-order valence-corrected chi connectivity index (χ0v) is 21.1. The smallest absolute Gasteiger partial charge is 0.550 e. The van der Waals surface area contributed by atoms with Crippen molar-refractivity contribution in [2.24, 2.45) is 11.8 Å². The molecule has 168 valence electrons. The van der Waals surface area contributed by atoms with Gasteiger partial charge >= 0.3 is 35.5 Å². The number of hydrogen-bond acceptors (Lipinski definition) is 5. The Morgan fingerprint density at radius 1 is 1.10 bits per heavy atom. The van der Waals surface area contributed by atoms with Crippen LogP contribution in [0.1, 0.15) is 52.9 Å². The fourth-order valence-electron chi connectivity index (χ4n) is 3.52. The van der Waals surface area contributed by atoms with Crippen molar-refractivity contribution in [3.8, 4) is 0 Å². The second-order valence-corrected chi connectivity index (χ2v) is 7.56. The Morgan fingerprint density at radius 3 is 2.17 bits per heavy atom. The molecule has 3 N–H and O–H groups in total. The van der Waals surface area contributed by atoms with Crippen molar-refractivity contribution in [2.45, 2.75) is 52.9 Å². The molecule has 0 bridgehead atoms. The Morgan fingerprint density at radius 2 is 1.70 bits per heavy atom. The van der Waals surface area contributed by atoms with Crippen LogP contribution in [0.5, 0.6) is 0 Å². The van der Waals surface area contributed by atoms with Crippen LogP contribution in [0.2, 0.25) is 0 Å². The predicted octanol–water partition coefficient (Wildman–Crippen LogP) is -2.45. The van der Waals surface area contributed by atoms with E-state index in [4.69, 9.17) is 0 Å². The van der Waals surface area contributed by atoms with Gasteiger partial charge in [-0.2, -0.15) is 0 Å². The number of unbranched alkanes of at least 4 members (excludes halogenated alkanes) is 1. The van der Waals surface area contributed by atoms with Crippen LogP contribution >= 0.6 is 0 Å². The molecule has 30 heavy (non-hydrogen) atoms. The molecule has 0 saturated carbocycles. The Balaban J connectivity index is 0. The molecule has 3 atom stereocenters.